The topological polar surface area (TPSA) is 79.0 Å². The SMILES string of the molecule is CCCN(CCC)C(=O)CCCC(=O)NCCCN(C(=O)OC(C)(C)C)C1CC1. The van der Waals surface area contributed by atoms with Gasteiger partial charge in [-0.25, -0.2) is 4.79 Å². The van der Waals surface area contributed by atoms with Gasteiger partial charge in [-0.2, -0.15) is 0 Å². The van der Waals surface area contributed by atoms with Crippen LogP contribution in [0.5, 0.6) is 0 Å². The fourth-order valence-electron chi connectivity index (χ4n) is 3.15. The van der Waals surface area contributed by atoms with Crippen LogP contribution < -0.4 is 5.32 Å². The second-order valence-electron chi connectivity index (χ2n) is 8.84. The molecule has 1 N–H and O–H groups in total. The minimum atomic E-state index is -0.500. The average Bonchev–Trinajstić information content (AvgIpc) is 3.44. The van der Waals surface area contributed by atoms with Gasteiger partial charge in [-0.05, 0) is 59.3 Å². The summed E-state index contributed by atoms with van der Waals surface area (Å²) in [5.41, 5.74) is -0.500. The molecule has 29 heavy (non-hydrogen) atoms. The molecule has 0 bridgehead atoms. The molecule has 0 atom stereocenters. The van der Waals surface area contributed by atoms with Gasteiger partial charge < -0.3 is 19.9 Å². The molecule has 0 aromatic heterocycles. The van der Waals surface area contributed by atoms with Crippen LogP contribution in [0.2, 0.25) is 0 Å². The van der Waals surface area contributed by atoms with Crippen LogP contribution in [-0.4, -0.2) is 65.5 Å². The fourth-order valence-corrected chi connectivity index (χ4v) is 3.15. The summed E-state index contributed by atoms with van der Waals surface area (Å²) in [7, 11) is 0. The minimum absolute atomic E-state index is 0.0365. The van der Waals surface area contributed by atoms with Gasteiger partial charge in [0.1, 0.15) is 5.60 Å². The number of rotatable bonds is 13. The Morgan fingerprint density at radius 2 is 1.59 bits per heavy atom. The highest BCUT2D eigenvalue weighted by Crippen LogP contribution is 2.28. The predicted octanol–water partition coefficient (Wildman–Crippen LogP) is 3.71. The van der Waals surface area contributed by atoms with E-state index in [1.54, 1.807) is 4.90 Å². The molecular formula is C22H41N3O4. The van der Waals surface area contributed by atoms with Crippen LogP contribution in [0.4, 0.5) is 4.79 Å². The maximum atomic E-state index is 12.3. The molecule has 1 rings (SSSR count). The quantitative estimate of drug-likeness (QED) is 0.469. The van der Waals surface area contributed by atoms with Crippen LogP contribution in [0.25, 0.3) is 0 Å². The van der Waals surface area contributed by atoms with Gasteiger partial charge in [0.15, 0.2) is 0 Å². The molecule has 7 heteroatoms. The summed E-state index contributed by atoms with van der Waals surface area (Å²) in [6.45, 7) is 12.4. The van der Waals surface area contributed by atoms with Crippen LogP contribution >= 0.6 is 0 Å². The first-order valence-corrected chi connectivity index (χ1v) is 11.2. The number of nitrogens with one attached hydrogen (secondary N) is 1. The number of carbonyl (C=O) groups excluding carboxylic acids is 3. The Labute approximate surface area is 176 Å². The highest BCUT2D eigenvalue weighted by Gasteiger charge is 2.34. The molecule has 0 aromatic carbocycles. The molecule has 1 fully saturated rings. The van der Waals surface area contributed by atoms with Gasteiger partial charge in [-0.1, -0.05) is 13.8 Å². The van der Waals surface area contributed by atoms with Gasteiger partial charge in [0.2, 0.25) is 11.8 Å². The largest absolute Gasteiger partial charge is 0.444 e. The van der Waals surface area contributed by atoms with E-state index in [1.807, 2.05) is 25.7 Å². The molecule has 1 aliphatic carbocycles. The molecule has 0 spiro atoms. The third-order valence-electron chi connectivity index (χ3n) is 4.65. The highest BCUT2D eigenvalue weighted by atomic mass is 16.6. The summed E-state index contributed by atoms with van der Waals surface area (Å²) in [4.78, 5) is 40.2. The van der Waals surface area contributed by atoms with Crippen molar-refractivity contribution in [1.29, 1.82) is 0 Å². The minimum Gasteiger partial charge on any atom is -0.444 e. The summed E-state index contributed by atoms with van der Waals surface area (Å²) in [6, 6.07) is 0.278. The van der Waals surface area contributed by atoms with Crippen molar-refractivity contribution in [2.75, 3.05) is 26.2 Å². The molecule has 0 aromatic rings. The molecule has 0 unspecified atom stereocenters. The number of carbonyl (C=O) groups is 3. The molecule has 0 radical (unpaired) electrons. The van der Waals surface area contributed by atoms with Crippen molar-refractivity contribution in [2.24, 2.45) is 0 Å². The summed E-state index contributed by atoms with van der Waals surface area (Å²) in [6.07, 6.45) is 5.72. The van der Waals surface area contributed by atoms with E-state index < -0.39 is 5.60 Å². The summed E-state index contributed by atoms with van der Waals surface area (Å²) in [5, 5.41) is 2.90. The van der Waals surface area contributed by atoms with Gasteiger partial charge in [-0.3, -0.25) is 9.59 Å². The number of ether oxygens (including phenoxy) is 1. The Morgan fingerprint density at radius 3 is 2.10 bits per heavy atom. The molecule has 7 nitrogen and oxygen atoms in total. The van der Waals surface area contributed by atoms with Gasteiger partial charge in [0, 0.05) is 45.1 Å². The molecule has 0 saturated heterocycles. The average molecular weight is 412 g/mol. The Morgan fingerprint density at radius 1 is 0.966 bits per heavy atom. The van der Waals surface area contributed by atoms with Crippen LogP contribution in [-0.2, 0) is 14.3 Å². The normalized spacial score (nSPS) is 13.7. The predicted molar refractivity (Wildman–Crippen MR) is 115 cm³/mol. The van der Waals surface area contributed by atoms with Crippen molar-refractivity contribution < 1.29 is 19.1 Å². The van der Waals surface area contributed by atoms with Crippen molar-refractivity contribution in [3.05, 3.63) is 0 Å². The molecule has 0 heterocycles. The van der Waals surface area contributed by atoms with Gasteiger partial charge in [-0.15, -0.1) is 0 Å². The lowest BCUT2D eigenvalue weighted by Gasteiger charge is -2.27. The van der Waals surface area contributed by atoms with Gasteiger partial charge >= 0.3 is 6.09 Å². The lowest BCUT2D eigenvalue weighted by Crippen LogP contribution is -2.39. The number of amides is 3. The van der Waals surface area contributed by atoms with E-state index in [0.29, 0.717) is 38.8 Å². The molecule has 1 saturated carbocycles. The van der Waals surface area contributed by atoms with E-state index >= 15 is 0 Å². The zero-order valence-electron chi connectivity index (χ0n) is 19.1. The van der Waals surface area contributed by atoms with Crippen LogP contribution in [0, 0.1) is 0 Å². The van der Waals surface area contributed by atoms with Crippen LogP contribution in [0.3, 0.4) is 0 Å². The van der Waals surface area contributed by atoms with E-state index in [1.165, 1.54) is 0 Å². The van der Waals surface area contributed by atoms with Gasteiger partial charge in [0.25, 0.3) is 0 Å². The first kappa shape index (κ1) is 25.2. The number of hydrogen-bond acceptors (Lipinski definition) is 4. The first-order chi connectivity index (χ1) is 13.7. The van der Waals surface area contributed by atoms with Crippen LogP contribution in [0.1, 0.15) is 86.0 Å². The van der Waals surface area contributed by atoms with Crippen molar-refractivity contribution in [3.8, 4) is 0 Å². The van der Waals surface area contributed by atoms with E-state index in [2.05, 4.69) is 19.2 Å². The van der Waals surface area contributed by atoms with Crippen molar-refractivity contribution in [1.82, 2.24) is 15.1 Å². The van der Waals surface area contributed by atoms with Crippen molar-refractivity contribution >= 4 is 17.9 Å². The Kier molecular flexibility index (Phi) is 11.1. The molecular weight excluding hydrogens is 370 g/mol. The zero-order chi connectivity index (χ0) is 21.9. The molecule has 3 amide bonds. The summed E-state index contributed by atoms with van der Waals surface area (Å²) >= 11 is 0. The molecule has 168 valence electrons. The second kappa shape index (κ2) is 12.7. The van der Waals surface area contributed by atoms with E-state index in [9.17, 15) is 14.4 Å². The van der Waals surface area contributed by atoms with E-state index in [0.717, 1.165) is 38.8 Å². The highest BCUT2D eigenvalue weighted by molar-refractivity contribution is 5.79. The fraction of sp³-hybridized carbons (Fsp3) is 0.864. The summed E-state index contributed by atoms with van der Waals surface area (Å²) in [5.74, 6) is 0.101. The number of hydrogen-bond donors (Lipinski definition) is 1. The zero-order valence-corrected chi connectivity index (χ0v) is 19.1. The van der Waals surface area contributed by atoms with Crippen molar-refractivity contribution in [3.63, 3.8) is 0 Å². The standard InChI is InChI=1S/C22H41N3O4/c1-6-15-24(16-7-2)20(27)11-8-10-19(26)23-14-9-17-25(18-12-13-18)21(28)29-22(3,4)5/h18H,6-17H2,1-5H3,(H,23,26). The monoisotopic (exact) mass is 411 g/mol. The Hall–Kier alpha value is -1.79. The third kappa shape index (κ3) is 11.1. The summed E-state index contributed by atoms with van der Waals surface area (Å²) < 4.78 is 5.47. The lowest BCUT2D eigenvalue weighted by molar-refractivity contribution is -0.131. The smallest absolute Gasteiger partial charge is 0.410 e. The van der Waals surface area contributed by atoms with E-state index in [4.69, 9.17) is 4.74 Å². The van der Waals surface area contributed by atoms with Crippen LogP contribution in [0.15, 0.2) is 0 Å². The lowest BCUT2D eigenvalue weighted by atomic mass is 10.2. The van der Waals surface area contributed by atoms with Crippen molar-refractivity contribution in [2.45, 2.75) is 97.6 Å². The van der Waals surface area contributed by atoms with Gasteiger partial charge in [0.05, 0.1) is 0 Å². The van der Waals surface area contributed by atoms with E-state index in [-0.39, 0.29) is 23.9 Å². The maximum Gasteiger partial charge on any atom is 0.410 e. The Bertz CT molecular complexity index is 521. The number of nitrogens with zero attached hydrogens (tertiary/aromatic N) is 2. The molecule has 1 aliphatic rings. The maximum absolute atomic E-state index is 12.3. The first-order valence-electron chi connectivity index (χ1n) is 11.2. The second-order valence-corrected chi connectivity index (χ2v) is 8.84. The Balaban J connectivity index is 2.22. The molecule has 0 aliphatic heterocycles. The third-order valence-corrected chi connectivity index (χ3v) is 4.65.